The van der Waals surface area contributed by atoms with E-state index in [-0.39, 0.29) is 0 Å². The van der Waals surface area contributed by atoms with Gasteiger partial charge in [-0.2, -0.15) is 0 Å². The van der Waals surface area contributed by atoms with Crippen molar-refractivity contribution in [3.63, 3.8) is 0 Å². The summed E-state index contributed by atoms with van der Waals surface area (Å²) in [5, 5.41) is 0. The molecule has 0 rings (SSSR count). The fourth-order valence-corrected chi connectivity index (χ4v) is 1.64. The Bertz CT molecular complexity index is 97.6. The molecule has 0 fully saturated rings. The fraction of sp³-hybridized carbons (Fsp3) is 0.333. The van der Waals surface area contributed by atoms with Crippen LogP contribution in [-0.2, 0) is 0 Å². The van der Waals surface area contributed by atoms with Crippen molar-refractivity contribution in [2.45, 2.75) is 12.1 Å². The second-order valence-electron chi connectivity index (χ2n) is 1.97. The van der Waals surface area contributed by atoms with Gasteiger partial charge >= 0.3 is 8.56 Å². The zero-order chi connectivity index (χ0) is 7.33. The molecule has 9 heavy (non-hydrogen) atoms. The number of hydrogen-bond donors (Lipinski definition) is 2. The zero-order valence-electron chi connectivity index (χ0n) is 5.38. The Kier molecular flexibility index (Phi) is 3.45. The van der Waals surface area contributed by atoms with Gasteiger partial charge in [0.25, 0.3) is 0 Å². The van der Waals surface area contributed by atoms with Crippen LogP contribution in [0.4, 0.5) is 0 Å². The molecule has 2 N–H and O–H groups in total. The Balaban J connectivity index is 3.68. The third-order valence-electron chi connectivity index (χ3n) is 0.942. The summed E-state index contributed by atoms with van der Waals surface area (Å²) in [4.78, 5) is 18.1. The van der Waals surface area contributed by atoms with E-state index in [4.69, 9.17) is 9.59 Å². The van der Waals surface area contributed by atoms with Gasteiger partial charge in [-0.05, 0) is 0 Å². The van der Waals surface area contributed by atoms with Gasteiger partial charge in [-0.15, -0.1) is 13.2 Å². The van der Waals surface area contributed by atoms with Gasteiger partial charge in [0.2, 0.25) is 0 Å². The predicted octanol–water partition coefficient (Wildman–Crippen LogP) is 0.785. The Labute approximate surface area is 56.4 Å². The van der Waals surface area contributed by atoms with Crippen molar-refractivity contribution in [3.05, 3.63) is 25.3 Å². The maximum atomic E-state index is 9.07. The van der Waals surface area contributed by atoms with E-state index in [1.54, 1.807) is 0 Å². The molecule has 0 aromatic rings. The Morgan fingerprint density at radius 1 is 1.11 bits per heavy atom. The van der Waals surface area contributed by atoms with Gasteiger partial charge in [0.15, 0.2) is 0 Å². The summed E-state index contributed by atoms with van der Waals surface area (Å²) < 4.78 is 0. The molecule has 0 saturated carbocycles. The first-order valence-electron chi connectivity index (χ1n) is 2.79. The fourth-order valence-electron chi connectivity index (χ4n) is 0.546. The van der Waals surface area contributed by atoms with Gasteiger partial charge in [0.05, 0.1) is 0 Å². The molecule has 0 aliphatic rings. The smallest absolute Gasteiger partial charge is 0.340 e. The molecule has 0 aliphatic carbocycles. The van der Waals surface area contributed by atoms with E-state index in [1.165, 1.54) is 12.2 Å². The minimum absolute atomic E-state index is 0.318. The molecule has 0 aromatic carbocycles. The third-order valence-corrected chi connectivity index (χ3v) is 2.83. The van der Waals surface area contributed by atoms with Crippen molar-refractivity contribution in [1.82, 2.24) is 0 Å². The monoisotopic (exact) mass is 144 g/mol. The van der Waals surface area contributed by atoms with Crippen molar-refractivity contribution in [2.24, 2.45) is 0 Å². The lowest BCUT2D eigenvalue weighted by molar-refractivity contribution is 0.369. The van der Waals surface area contributed by atoms with Gasteiger partial charge in [-0.25, -0.2) is 0 Å². The van der Waals surface area contributed by atoms with Gasteiger partial charge in [0.1, 0.15) is 0 Å². The van der Waals surface area contributed by atoms with Crippen LogP contribution < -0.4 is 0 Å². The molecule has 3 heteroatoms. The quantitative estimate of drug-likeness (QED) is 0.452. The molecular formula is C6H12O2Si. The van der Waals surface area contributed by atoms with E-state index in [9.17, 15) is 0 Å². The summed E-state index contributed by atoms with van der Waals surface area (Å²) in [5.74, 6) is 0. The molecule has 0 aliphatic heterocycles. The van der Waals surface area contributed by atoms with Crippen LogP contribution in [0.25, 0.3) is 0 Å². The first-order chi connectivity index (χ1) is 4.12. The summed E-state index contributed by atoms with van der Waals surface area (Å²) in [6.07, 6.45) is 3.05. The molecule has 0 aromatic heterocycles. The molecule has 0 radical (unpaired) electrons. The number of hydrogen-bond acceptors (Lipinski definition) is 2. The lowest BCUT2D eigenvalue weighted by atomic mass is 10.7. The maximum absolute atomic E-state index is 9.07. The molecule has 0 saturated heterocycles. The molecule has 0 bridgehead atoms. The van der Waals surface area contributed by atoms with E-state index in [0.717, 1.165) is 0 Å². The topological polar surface area (TPSA) is 40.5 Å². The molecule has 0 amide bonds. The van der Waals surface area contributed by atoms with E-state index in [2.05, 4.69) is 13.2 Å². The summed E-state index contributed by atoms with van der Waals surface area (Å²) in [7, 11) is -2.94. The van der Waals surface area contributed by atoms with Crippen molar-refractivity contribution in [2.75, 3.05) is 0 Å². The molecule has 2 nitrogen and oxygen atoms in total. The SMILES string of the molecule is C=CC[Si](O)(O)CC=C. The number of allylic oxidation sites excluding steroid dienone is 2. The Morgan fingerprint density at radius 2 is 1.44 bits per heavy atom. The highest BCUT2D eigenvalue weighted by Gasteiger charge is 2.24. The number of rotatable bonds is 4. The van der Waals surface area contributed by atoms with Crippen molar-refractivity contribution < 1.29 is 9.59 Å². The molecule has 0 atom stereocenters. The summed E-state index contributed by atoms with van der Waals surface area (Å²) in [6.45, 7) is 6.82. The van der Waals surface area contributed by atoms with Crippen LogP contribution >= 0.6 is 0 Å². The first kappa shape index (κ1) is 8.62. The minimum Gasteiger partial charge on any atom is -0.410 e. The molecule has 52 valence electrons. The van der Waals surface area contributed by atoms with E-state index in [0.29, 0.717) is 12.1 Å². The van der Waals surface area contributed by atoms with Crippen LogP contribution in [0.5, 0.6) is 0 Å². The van der Waals surface area contributed by atoms with E-state index in [1.807, 2.05) is 0 Å². The highest BCUT2D eigenvalue weighted by molar-refractivity contribution is 6.65. The average molecular weight is 144 g/mol. The summed E-state index contributed by atoms with van der Waals surface area (Å²) in [6, 6.07) is 0.637. The molecular weight excluding hydrogens is 132 g/mol. The molecule has 0 spiro atoms. The second kappa shape index (κ2) is 3.61. The van der Waals surface area contributed by atoms with Crippen molar-refractivity contribution in [3.8, 4) is 0 Å². The van der Waals surface area contributed by atoms with Gasteiger partial charge in [-0.3, -0.25) is 0 Å². The standard InChI is InChI=1S/C6H12O2Si/c1-3-5-9(7,8)6-4-2/h3-4,7-8H,1-2,5-6H2. The first-order valence-corrected chi connectivity index (χ1v) is 5.10. The average Bonchev–Trinajstić information content (AvgIpc) is 1.64. The highest BCUT2D eigenvalue weighted by Crippen LogP contribution is 2.07. The summed E-state index contributed by atoms with van der Waals surface area (Å²) >= 11 is 0. The van der Waals surface area contributed by atoms with Crippen LogP contribution in [0.3, 0.4) is 0 Å². The minimum atomic E-state index is -2.94. The van der Waals surface area contributed by atoms with Crippen molar-refractivity contribution in [1.29, 1.82) is 0 Å². The zero-order valence-corrected chi connectivity index (χ0v) is 6.38. The van der Waals surface area contributed by atoms with Gasteiger partial charge in [-0.1, -0.05) is 12.2 Å². The second-order valence-corrected chi connectivity index (χ2v) is 4.75. The Hall–Kier alpha value is -0.383. The normalized spacial score (nSPS) is 10.9. The van der Waals surface area contributed by atoms with Crippen LogP contribution in [0.2, 0.25) is 12.1 Å². The van der Waals surface area contributed by atoms with Crippen LogP contribution in [0, 0.1) is 0 Å². The third kappa shape index (κ3) is 4.14. The van der Waals surface area contributed by atoms with Crippen molar-refractivity contribution >= 4 is 8.56 Å². The lowest BCUT2D eigenvalue weighted by Gasteiger charge is -2.11. The van der Waals surface area contributed by atoms with E-state index < -0.39 is 8.56 Å². The Morgan fingerprint density at radius 3 is 1.67 bits per heavy atom. The van der Waals surface area contributed by atoms with Gasteiger partial charge in [0, 0.05) is 12.1 Å². The maximum Gasteiger partial charge on any atom is 0.340 e. The van der Waals surface area contributed by atoms with E-state index >= 15 is 0 Å². The highest BCUT2D eigenvalue weighted by atomic mass is 28.4. The van der Waals surface area contributed by atoms with Gasteiger partial charge < -0.3 is 9.59 Å². The predicted molar refractivity (Wildman–Crippen MR) is 40.2 cm³/mol. The van der Waals surface area contributed by atoms with Crippen LogP contribution in [0.15, 0.2) is 25.3 Å². The lowest BCUT2D eigenvalue weighted by Crippen LogP contribution is -2.32. The largest absolute Gasteiger partial charge is 0.410 e. The molecule has 0 unspecified atom stereocenters. The van der Waals surface area contributed by atoms with Crippen LogP contribution in [0.1, 0.15) is 0 Å². The van der Waals surface area contributed by atoms with Crippen LogP contribution in [-0.4, -0.2) is 18.2 Å². The summed E-state index contributed by atoms with van der Waals surface area (Å²) in [5.41, 5.74) is 0. The molecule has 0 heterocycles.